The van der Waals surface area contributed by atoms with E-state index in [1.807, 2.05) is 0 Å². The quantitative estimate of drug-likeness (QED) is 0.609. The maximum absolute atomic E-state index is 12.4. The van der Waals surface area contributed by atoms with Crippen LogP contribution < -0.4 is 0 Å². The highest BCUT2D eigenvalue weighted by Gasteiger charge is 2.15. The zero-order valence-corrected chi connectivity index (χ0v) is 6.04. The zero-order valence-electron chi connectivity index (χ0n) is 6.04. The van der Waals surface area contributed by atoms with E-state index in [4.69, 9.17) is 5.11 Å². The molecule has 5 heteroatoms. The molecule has 0 radical (unpaired) electrons. The molecule has 4 nitrogen and oxygen atoms in total. The molecule has 0 aliphatic rings. The molecular formula is C6H9FO4. The summed E-state index contributed by atoms with van der Waals surface area (Å²) in [6.07, 6.45) is -2.81. The number of rotatable bonds is 4. The molecule has 0 spiro atoms. The van der Waals surface area contributed by atoms with Crippen LogP contribution in [0.3, 0.4) is 0 Å². The summed E-state index contributed by atoms with van der Waals surface area (Å²) in [4.78, 5) is 20.2. The van der Waals surface area contributed by atoms with E-state index in [1.165, 1.54) is 0 Å². The number of methoxy groups -OCH3 is 1. The summed E-state index contributed by atoms with van der Waals surface area (Å²) in [5.41, 5.74) is 0. The van der Waals surface area contributed by atoms with E-state index in [0.717, 1.165) is 7.11 Å². The minimum Gasteiger partial charge on any atom is -0.481 e. The molecule has 0 saturated heterocycles. The van der Waals surface area contributed by atoms with Gasteiger partial charge < -0.3 is 9.84 Å². The van der Waals surface area contributed by atoms with E-state index in [0.29, 0.717) is 0 Å². The first-order valence-corrected chi connectivity index (χ1v) is 2.99. The van der Waals surface area contributed by atoms with Crippen molar-refractivity contribution in [1.82, 2.24) is 0 Å². The van der Waals surface area contributed by atoms with Gasteiger partial charge in [-0.1, -0.05) is 0 Å². The van der Waals surface area contributed by atoms with Crippen LogP contribution in [0.15, 0.2) is 0 Å². The minimum absolute atomic E-state index is 0.497. The lowest BCUT2D eigenvalue weighted by molar-refractivity contribution is -0.143. The lowest BCUT2D eigenvalue weighted by Crippen LogP contribution is -2.14. The number of halogens is 1. The SMILES string of the molecule is COC(=O)CC(F)CC(=O)O. The van der Waals surface area contributed by atoms with Crippen LogP contribution in [-0.2, 0) is 14.3 Å². The number of carbonyl (C=O) groups excluding carboxylic acids is 1. The van der Waals surface area contributed by atoms with Gasteiger partial charge in [-0.3, -0.25) is 9.59 Å². The largest absolute Gasteiger partial charge is 0.481 e. The maximum atomic E-state index is 12.4. The summed E-state index contributed by atoms with van der Waals surface area (Å²) in [5.74, 6) is -2.00. The fraction of sp³-hybridized carbons (Fsp3) is 0.667. The van der Waals surface area contributed by atoms with Gasteiger partial charge in [0.1, 0.15) is 6.17 Å². The van der Waals surface area contributed by atoms with Crippen LogP contribution in [-0.4, -0.2) is 30.3 Å². The third kappa shape index (κ3) is 5.32. The summed E-state index contributed by atoms with van der Waals surface area (Å²) in [7, 11) is 1.12. The molecule has 1 N–H and O–H groups in total. The standard InChI is InChI=1S/C6H9FO4/c1-11-6(10)3-4(7)2-5(8)9/h4H,2-3H2,1H3,(H,8,9). The molecule has 0 rings (SSSR count). The first kappa shape index (κ1) is 9.87. The molecule has 0 amide bonds. The predicted octanol–water partition coefficient (Wildman–Crippen LogP) is 0.362. The van der Waals surface area contributed by atoms with Crippen LogP contribution in [0, 0.1) is 0 Å². The van der Waals surface area contributed by atoms with Gasteiger partial charge in [0, 0.05) is 0 Å². The van der Waals surface area contributed by atoms with Crippen molar-refractivity contribution in [3.8, 4) is 0 Å². The van der Waals surface area contributed by atoms with Gasteiger partial charge in [-0.2, -0.15) is 0 Å². The Balaban J connectivity index is 3.60. The Kier molecular flexibility index (Phi) is 4.17. The van der Waals surface area contributed by atoms with Crippen LogP contribution in [0.2, 0.25) is 0 Å². The number of esters is 1. The summed E-state index contributed by atoms with van der Waals surface area (Å²) < 4.78 is 16.5. The van der Waals surface area contributed by atoms with Gasteiger partial charge in [0.25, 0.3) is 0 Å². The summed E-state index contributed by atoms with van der Waals surface area (Å²) >= 11 is 0. The van der Waals surface area contributed by atoms with Crippen molar-refractivity contribution in [3.05, 3.63) is 0 Å². The Morgan fingerprint density at radius 1 is 1.55 bits per heavy atom. The predicted molar refractivity (Wildman–Crippen MR) is 33.8 cm³/mol. The molecule has 1 unspecified atom stereocenters. The van der Waals surface area contributed by atoms with Crippen molar-refractivity contribution in [3.63, 3.8) is 0 Å². The molecule has 0 aromatic rings. The van der Waals surface area contributed by atoms with Crippen molar-refractivity contribution >= 4 is 11.9 Å². The average molecular weight is 164 g/mol. The number of carboxylic acid groups (broad SMARTS) is 1. The minimum atomic E-state index is -1.65. The van der Waals surface area contributed by atoms with Crippen LogP contribution in [0.1, 0.15) is 12.8 Å². The highest BCUT2D eigenvalue weighted by Crippen LogP contribution is 2.03. The second kappa shape index (κ2) is 4.65. The molecule has 1 atom stereocenters. The second-order valence-corrected chi connectivity index (χ2v) is 1.98. The molecule has 0 aliphatic carbocycles. The molecule has 0 aliphatic heterocycles. The number of carbonyl (C=O) groups is 2. The highest BCUT2D eigenvalue weighted by atomic mass is 19.1. The van der Waals surface area contributed by atoms with Crippen LogP contribution in [0.25, 0.3) is 0 Å². The molecule has 0 aromatic heterocycles. The van der Waals surface area contributed by atoms with Gasteiger partial charge in [-0.15, -0.1) is 0 Å². The third-order valence-corrected chi connectivity index (χ3v) is 1.01. The van der Waals surface area contributed by atoms with Gasteiger partial charge in [-0.05, 0) is 0 Å². The smallest absolute Gasteiger partial charge is 0.308 e. The van der Waals surface area contributed by atoms with Crippen molar-refractivity contribution in [2.24, 2.45) is 0 Å². The topological polar surface area (TPSA) is 63.6 Å². The molecule has 0 heterocycles. The first-order valence-electron chi connectivity index (χ1n) is 2.99. The van der Waals surface area contributed by atoms with Gasteiger partial charge in [0.15, 0.2) is 0 Å². The summed E-state index contributed by atoms with van der Waals surface area (Å²) in [6.45, 7) is 0. The number of carboxylic acids is 1. The zero-order chi connectivity index (χ0) is 8.85. The van der Waals surface area contributed by atoms with E-state index in [1.54, 1.807) is 0 Å². The number of hydrogen-bond donors (Lipinski definition) is 1. The fourth-order valence-corrected chi connectivity index (χ4v) is 0.526. The Morgan fingerprint density at radius 3 is 2.45 bits per heavy atom. The lowest BCUT2D eigenvalue weighted by Gasteiger charge is -2.01. The van der Waals surface area contributed by atoms with Gasteiger partial charge >= 0.3 is 11.9 Å². The Labute approximate surface area is 63.0 Å². The van der Waals surface area contributed by atoms with Gasteiger partial charge in [0.05, 0.1) is 20.0 Å². The Morgan fingerprint density at radius 2 is 2.09 bits per heavy atom. The lowest BCUT2D eigenvalue weighted by atomic mass is 10.2. The summed E-state index contributed by atoms with van der Waals surface area (Å²) in [5, 5.41) is 8.08. The Bertz CT molecular complexity index is 157. The number of hydrogen-bond acceptors (Lipinski definition) is 3. The number of alkyl halides is 1. The van der Waals surface area contributed by atoms with E-state index >= 15 is 0 Å². The van der Waals surface area contributed by atoms with Crippen molar-refractivity contribution in [2.75, 3.05) is 7.11 Å². The molecular weight excluding hydrogens is 155 g/mol. The number of ether oxygens (including phenoxy) is 1. The Hall–Kier alpha value is -1.13. The number of aliphatic carboxylic acids is 1. The maximum Gasteiger partial charge on any atom is 0.308 e. The molecule has 0 aromatic carbocycles. The van der Waals surface area contributed by atoms with Crippen molar-refractivity contribution < 1.29 is 23.8 Å². The van der Waals surface area contributed by atoms with Crippen molar-refractivity contribution in [1.29, 1.82) is 0 Å². The van der Waals surface area contributed by atoms with E-state index in [9.17, 15) is 14.0 Å². The molecule has 0 fully saturated rings. The van der Waals surface area contributed by atoms with Crippen LogP contribution in [0.5, 0.6) is 0 Å². The summed E-state index contributed by atoms with van der Waals surface area (Å²) in [6, 6.07) is 0. The molecule has 11 heavy (non-hydrogen) atoms. The van der Waals surface area contributed by atoms with E-state index < -0.39 is 31.0 Å². The van der Waals surface area contributed by atoms with E-state index in [2.05, 4.69) is 4.74 Å². The van der Waals surface area contributed by atoms with E-state index in [-0.39, 0.29) is 0 Å². The third-order valence-electron chi connectivity index (χ3n) is 1.01. The van der Waals surface area contributed by atoms with Crippen LogP contribution in [0.4, 0.5) is 4.39 Å². The normalized spacial score (nSPS) is 12.2. The molecule has 0 saturated carbocycles. The van der Waals surface area contributed by atoms with Gasteiger partial charge in [-0.25, -0.2) is 4.39 Å². The average Bonchev–Trinajstić information content (AvgIpc) is 1.85. The van der Waals surface area contributed by atoms with Crippen LogP contribution >= 0.6 is 0 Å². The molecule has 64 valence electrons. The molecule has 0 bridgehead atoms. The monoisotopic (exact) mass is 164 g/mol. The van der Waals surface area contributed by atoms with Crippen molar-refractivity contribution in [2.45, 2.75) is 19.0 Å². The first-order chi connectivity index (χ1) is 5.06. The highest BCUT2D eigenvalue weighted by molar-refractivity contribution is 5.72. The fourth-order valence-electron chi connectivity index (χ4n) is 0.526. The van der Waals surface area contributed by atoms with Gasteiger partial charge in [0.2, 0.25) is 0 Å². The second-order valence-electron chi connectivity index (χ2n) is 1.98.